The van der Waals surface area contributed by atoms with Crippen molar-refractivity contribution in [2.24, 2.45) is 11.7 Å². The predicted molar refractivity (Wildman–Crippen MR) is 59.2 cm³/mol. The molecule has 0 bridgehead atoms. The number of aromatic nitrogens is 4. The summed E-state index contributed by atoms with van der Waals surface area (Å²) in [4.78, 5) is 0. The quantitative estimate of drug-likeness (QED) is 0.804. The summed E-state index contributed by atoms with van der Waals surface area (Å²) < 4.78 is 1.86. The Bertz CT molecular complexity index is 290. The van der Waals surface area contributed by atoms with Gasteiger partial charge in [0.05, 0.1) is 12.1 Å². The van der Waals surface area contributed by atoms with Crippen LogP contribution < -0.4 is 5.73 Å². The summed E-state index contributed by atoms with van der Waals surface area (Å²) in [5.74, 6) is 1.38. The van der Waals surface area contributed by atoms with E-state index in [0.29, 0.717) is 12.0 Å². The van der Waals surface area contributed by atoms with Crippen molar-refractivity contribution in [2.45, 2.75) is 52.6 Å². The first-order chi connectivity index (χ1) is 7.11. The largest absolute Gasteiger partial charge is 0.322 e. The third-order valence-electron chi connectivity index (χ3n) is 3.04. The maximum atomic E-state index is 5.82. The van der Waals surface area contributed by atoms with Crippen molar-refractivity contribution in [3.63, 3.8) is 0 Å². The molecule has 5 heteroatoms. The number of hydrogen-bond acceptors (Lipinski definition) is 4. The van der Waals surface area contributed by atoms with Crippen molar-refractivity contribution in [2.75, 3.05) is 0 Å². The molecule has 1 rings (SSSR count). The lowest BCUT2D eigenvalue weighted by molar-refractivity contribution is 0.296. The summed E-state index contributed by atoms with van der Waals surface area (Å²) in [5.41, 5.74) is 5.82. The Morgan fingerprint density at radius 2 is 1.87 bits per heavy atom. The molecule has 0 aliphatic rings. The zero-order valence-corrected chi connectivity index (χ0v) is 10.0. The van der Waals surface area contributed by atoms with Gasteiger partial charge in [0.15, 0.2) is 5.82 Å². The number of tetrazole rings is 1. The molecular formula is C10H21N5. The maximum Gasteiger partial charge on any atom is 0.167 e. The predicted octanol–water partition coefficient (Wildman–Crippen LogP) is 1.69. The van der Waals surface area contributed by atoms with Crippen LogP contribution in [0.15, 0.2) is 0 Å². The molecule has 1 heterocycles. The van der Waals surface area contributed by atoms with E-state index in [-0.39, 0.29) is 6.04 Å². The van der Waals surface area contributed by atoms with Crippen molar-refractivity contribution < 1.29 is 0 Å². The van der Waals surface area contributed by atoms with E-state index < -0.39 is 0 Å². The molecule has 0 saturated heterocycles. The van der Waals surface area contributed by atoms with Crippen LogP contribution in [0.2, 0.25) is 0 Å². The fourth-order valence-electron chi connectivity index (χ4n) is 1.96. The van der Waals surface area contributed by atoms with Gasteiger partial charge in [-0.2, -0.15) is 0 Å². The molecule has 0 fully saturated rings. The Kier molecular flexibility index (Phi) is 4.20. The van der Waals surface area contributed by atoms with E-state index >= 15 is 0 Å². The van der Waals surface area contributed by atoms with Crippen LogP contribution in [0, 0.1) is 5.92 Å². The molecule has 1 aromatic heterocycles. The van der Waals surface area contributed by atoms with Gasteiger partial charge in [-0.15, -0.1) is 5.10 Å². The summed E-state index contributed by atoms with van der Waals surface area (Å²) in [5, 5.41) is 11.7. The van der Waals surface area contributed by atoms with Gasteiger partial charge in [-0.1, -0.05) is 26.7 Å². The average Bonchev–Trinajstić information content (AvgIpc) is 2.67. The van der Waals surface area contributed by atoms with E-state index in [2.05, 4.69) is 36.3 Å². The molecule has 86 valence electrons. The molecule has 2 unspecified atom stereocenters. The second-order valence-electron chi connectivity index (χ2n) is 4.09. The third-order valence-corrected chi connectivity index (χ3v) is 3.04. The first-order valence-corrected chi connectivity index (χ1v) is 5.65. The molecule has 0 saturated carbocycles. The number of nitrogens with zero attached hydrogens (tertiary/aromatic N) is 4. The molecule has 0 aliphatic heterocycles. The normalized spacial score (nSPS) is 15.6. The molecule has 0 amide bonds. The molecule has 2 atom stereocenters. The van der Waals surface area contributed by atoms with Crippen molar-refractivity contribution >= 4 is 0 Å². The molecule has 0 radical (unpaired) electrons. The Morgan fingerprint density at radius 1 is 1.27 bits per heavy atom. The van der Waals surface area contributed by atoms with Crippen molar-refractivity contribution in [1.82, 2.24) is 20.2 Å². The Morgan fingerprint density at radius 3 is 2.33 bits per heavy atom. The van der Waals surface area contributed by atoms with Gasteiger partial charge in [0.2, 0.25) is 0 Å². The van der Waals surface area contributed by atoms with Crippen molar-refractivity contribution in [3.8, 4) is 0 Å². The Labute approximate surface area is 91.0 Å². The maximum absolute atomic E-state index is 5.82. The first-order valence-electron chi connectivity index (χ1n) is 5.65. The summed E-state index contributed by atoms with van der Waals surface area (Å²) in [6.07, 6.45) is 2.27. The van der Waals surface area contributed by atoms with Gasteiger partial charge >= 0.3 is 0 Å². The van der Waals surface area contributed by atoms with Crippen LogP contribution in [0.3, 0.4) is 0 Å². The Balaban J connectivity index is 2.89. The highest BCUT2D eigenvalue weighted by Crippen LogP contribution is 2.24. The van der Waals surface area contributed by atoms with Gasteiger partial charge in [0, 0.05) is 0 Å². The van der Waals surface area contributed by atoms with E-state index in [1.807, 2.05) is 11.6 Å². The van der Waals surface area contributed by atoms with Crippen LogP contribution in [0.1, 0.15) is 58.4 Å². The Hall–Kier alpha value is -0.970. The summed E-state index contributed by atoms with van der Waals surface area (Å²) in [7, 11) is 0. The van der Waals surface area contributed by atoms with Crippen LogP contribution in [-0.4, -0.2) is 20.2 Å². The summed E-state index contributed by atoms with van der Waals surface area (Å²) in [6, 6.07) is 0.202. The smallest absolute Gasteiger partial charge is 0.167 e. The first kappa shape index (κ1) is 12.1. The van der Waals surface area contributed by atoms with Crippen LogP contribution >= 0.6 is 0 Å². The number of nitrogens with two attached hydrogens (primary N) is 1. The van der Waals surface area contributed by atoms with Gasteiger partial charge in [-0.05, 0) is 30.2 Å². The van der Waals surface area contributed by atoms with Gasteiger partial charge < -0.3 is 5.73 Å². The summed E-state index contributed by atoms with van der Waals surface area (Å²) >= 11 is 0. The highest BCUT2D eigenvalue weighted by Gasteiger charge is 2.21. The summed E-state index contributed by atoms with van der Waals surface area (Å²) in [6.45, 7) is 8.45. The monoisotopic (exact) mass is 211 g/mol. The zero-order chi connectivity index (χ0) is 11.4. The van der Waals surface area contributed by atoms with Crippen molar-refractivity contribution in [3.05, 3.63) is 5.82 Å². The van der Waals surface area contributed by atoms with Gasteiger partial charge in [0.1, 0.15) is 0 Å². The van der Waals surface area contributed by atoms with E-state index in [4.69, 9.17) is 5.73 Å². The molecule has 0 spiro atoms. The molecule has 5 nitrogen and oxygen atoms in total. The van der Waals surface area contributed by atoms with Gasteiger partial charge in [-0.3, -0.25) is 0 Å². The topological polar surface area (TPSA) is 69.6 Å². The fraction of sp³-hybridized carbons (Fsp3) is 0.900. The second-order valence-corrected chi connectivity index (χ2v) is 4.09. The lowest BCUT2D eigenvalue weighted by atomic mass is 9.95. The van der Waals surface area contributed by atoms with Crippen LogP contribution in [0.5, 0.6) is 0 Å². The lowest BCUT2D eigenvalue weighted by Gasteiger charge is -2.22. The van der Waals surface area contributed by atoms with Gasteiger partial charge in [-0.25, -0.2) is 4.68 Å². The van der Waals surface area contributed by atoms with E-state index in [1.54, 1.807) is 0 Å². The minimum absolute atomic E-state index is 0.114. The fourth-order valence-corrected chi connectivity index (χ4v) is 1.96. The van der Waals surface area contributed by atoms with Gasteiger partial charge in [0.25, 0.3) is 0 Å². The van der Waals surface area contributed by atoms with E-state index in [9.17, 15) is 0 Å². The standard InChI is InChI=1S/C10H21N5/c1-5-9(6-2)8(4)15-10(7(3)11)12-13-14-15/h7-9H,5-6,11H2,1-4H3. The SMILES string of the molecule is CCC(CC)C(C)n1nnnc1C(C)N. The molecule has 1 aromatic rings. The molecule has 2 N–H and O–H groups in total. The molecule has 15 heavy (non-hydrogen) atoms. The van der Waals surface area contributed by atoms with Crippen LogP contribution in [-0.2, 0) is 0 Å². The highest BCUT2D eigenvalue weighted by molar-refractivity contribution is 4.90. The number of hydrogen-bond donors (Lipinski definition) is 1. The zero-order valence-electron chi connectivity index (χ0n) is 10.0. The van der Waals surface area contributed by atoms with Crippen LogP contribution in [0.25, 0.3) is 0 Å². The van der Waals surface area contributed by atoms with E-state index in [1.165, 1.54) is 0 Å². The average molecular weight is 211 g/mol. The minimum Gasteiger partial charge on any atom is -0.322 e. The third kappa shape index (κ3) is 2.53. The molecule has 0 aromatic carbocycles. The second kappa shape index (κ2) is 5.21. The molecule has 0 aliphatic carbocycles. The van der Waals surface area contributed by atoms with E-state index in [0.717, 1.165) is 18.7 Å². The lowest BCUT2D eigenvalue weighted by Crippen LogP contribution is -2.22. The van der Waals surface area contributed by atoms with Crippen LogP contribution in [0.4, 0.5) is 0 Å². The molecular weight excluding hydrogens is 190 g/mol. The number of rotatable bonds is 5. The minimum atomic E-state index is -0.114. The highest BCUT2D eigenvalue weighted by atomic mass is 15.6. The van der Waals surface area contributed by atoms with Crippen molar-refractivity contribution in [1.29, 1.82) is 0 Å².